The van der Waals surface area contributed by atoms with E-state index in [-0.39, 0.29) is 0 Å². The standard InChI is InChI=1S/C12H17BrO4S/c1-4-17-9-5-6-10(11(13)7-9)12(14)8(2)18(3,15)16/h5-8,12,14H,4H2,1-3H3. The first kappa shape index (κ1) is 15.5. The van der Waals surface area contributed by atoms with E-state index in [4.69, 9.17) is 4.74 Å². The fraction of sp³-hybridized carbons (Fsp3) is 0.500. The predicted molar refractivity (Wildman–Crippen MR) is 74.6 cm³/mol. The van der Waals surface area contributed by atoms with E-state index in [1.807, 2.05) is 6.92 Å². The van der Waals surface area contributed by atoms with Crippen LogP contribution in [-0.2, 0) is 9.84 Å². The summed E-state index contributed by atoms with van der Waals surface area (Å²) in [5, 5.41) is 9.22. The Kier molecular flexibility index (Phi) is 5.19. The summed E-state index contributed by atoms with van der Waals surface area (Å²) < 4.78 is 28.8. The highest BCUT2D eigenvalue weighted by molar-refractivity contribution is 9.10. The van der Waals surface area contributed by atoms with Crippen LogP contribution in [0.3, 0.4) is 0 Å². The maximum Gasteiger partial charge on any atom is 0.152 e. The third kappa shape index (κ3) is 3.70. The molecule has 1 aromatic rings. The number of ether oxygens (including phenoxy) is 1. The molecule has 0 bridgehead atoms. The van der Waals surface area contributed by atoms with Crippen molar-refractivity contribution in [2.45, 2.75) is 25.2 Å². The quantitative estimate of drug-likeness (QED) is 0.896. The summed E-state index contributed by atoms with van der Waals surface area (Å²) in [7, 11) is -3.29. The Morgan fingerprint density at radius 2 is 2.06 bits per heavy atom. The van der Waals surface area contributed by atoms with Gasteiger partial charge in [0.25, 0.3) is 0 Å². The van der Waals surface area contributed by atoms with Gasteiger partial charge in [0.1, 0.15) is 5.75 Å². The topological polar surface area (TPSA) is 63.6 Å². The fourth-order valence-corrected chi connectivity index (χ4v) is 2.70. The van der Waals surface area contributed by atoms with E-state index >= 15 is 0 Å². The number of aliphatic hydroxyl groups excluding tert-OH is 1. The average molecular weight is 337 g/mol. The Morgan fingerprint density at radius 1 is 1.44 bits per heavy atom. The van der Waals surface area contributed by atoms with E-state index in [9.17, 15) is 13.5 Å². The molecule has 0 aliphatic rings. The highest BCUT2D eigenvalue weighted by atomic mass is 79.9. The molecule has 18 heavy (non-hydrogen) atoms. The first-order valence-corrected chi connectivity index (χ1v) is 8.31. The second kappa shape index (κ2) is 6.04. The maximum absolute atomic E-state index is 11.4. The van der Waals surface area contributed by atoms with Crippen LogP contribution < -0.4 is 4.74 Å². The van der Waals surface area contributed by atoms with Crippen LogP contribution in [0.4, 0.5) is 0 Å². The summed E-state index contributed by atoms with van der Waals surface area (Å²) in [6, 6.07) is 5.10. The minimum Gasteiger partial charge on any atom is -0.494 e. The smallest absolute Gasteiger partial charge is 0.152 e. The molecule has 102 valence electrons. The van der Waals surface area contributed by atoms with Gasteiger partial charge in [-0.3, -0.25) is 0 Å². The zero-order chi connectivity index (χ0) is 13.9. The zero-order valence-corrected chi connectivity index (χ0v) is 13.0. The van der Waals surface area contributed by atoms with Gasteiger partial charge in [0.05, 0.1) is 18.0 Å². The summed E-state index contributed by atoms with van der Waals surface area (Å²) in [6.07, 6.45) is 0.0497. The van der Waals surface area contributed by atoms with Gasteiger partial charge in [-0.15, -0.1) is 0 Å². The van der Waals surface area contributed by atoms with Gasteiger partial charge >= 0.3 is 0 Å². The van der Waals surface area contributed by atoms with E-state index in [2.05, 4.69) is 15.9 Å². The van der Waals surface area contributed by atoms with Crippen molar-refractivity contribution in [3.05, 3.63) is 28.2 Å². The molecule has 0 radical (unpaired) electrons. The molecule has 4 nitrogen and oxygen atoms in total. The Bertz CT molecular complexity index is 513. The normalized spacial score (nSPS) is 15.2. The van der Waals surface area contributed by atoms with Gasteiger partial charge in [-0.2, -0.15) is 0 Å². The van der Waals surface area contributed by atoms with Crippen LogP contribution in [0.15, 0.2) is 22.7 Å². The first-order valence-electron chi connectivity index (χ1n) is 5.56. The molecule has 0 fully saturated rings. The fourth-order valence-electron chi connectivity index (χ4n) is 1.49. The van der Waals surface area contributed by atoms with Gasteiger partial charge < -0.3 is 9.84 Å². The minimum atomic E-state index is -3.29. The van der Waals surface area contributed by atoms with Crippen molar-refractivity contribution in [3.63, 3.8) is 0 Å². The Labute approximate surface area is 116 Å². The van der Waals surface area contributed by atoms with E-state index < -0.39 is 21.2 Å². The lowest BCUT2D eigenvalue weighted by Crippen LogP contribution is -2.24. The molecule has 2 atom stereocenters. The maximum atomic E-state index is 11.4. The second-order valence-electron chi connectivity index (χ2n) is 4.10. The predicted octanol–water partition coefficient (Wildman–Crippen LogP) is 2.31. The van der Waals surface area contributed by atoms with Crippen LogP contribution in [0.25, 0.3) is 0 Å². The van der Waals surface area contributed by atoms with Crippen molar-refractivity contribution in [1.29, 1.82) is 0 Å². The van der Waals surface area contributed by atoms with Gasteiger partial charge in [0.2, 0.25) is 0 Å². The molecule has 1 rings (SSSR count). The highest BCUT2D eigenvalue weighted by Crippen LogP contribution is 2.31. The number of benzene rings is 1. The number of hydrogen-bond acceptors (Lipinski definition) is 4. The number of aliphatic hydroxyl groups is 1. The zero-order valence-electron chi connectivity index (χ0n) is 10.6. The molecular weight excluding hydrogens is 320 g/mol. The third-order valence-corrected chi connectivity index (χ3v) is 5.02. The van der Waals surface area contributed by atoms with Crippen LogP contribution in [0, 0.1) is 0 Å². The highest BCUT2D eigenvalue weighted by Gasteiger charge is 2.26. The van der Waals surface area contributed by atoms with Crippen molar-refractivity contribution in [3.8, 4) is 5.75 Å². The molecule has 0 spiro atoms. The van der Waals surface area contributed by atoms with Crippen molar-refractivity contribution in [2.75, 3.05) is 12.9 Å². The van der Waals surface area contributed by atoms with E-state index in [1.165, 1.54) is 6.92 Å². The van der Waals surface area contributed by atoms with Crippen molar-refractivity contribution in [1.82, 2.24) is 0 Å². The van der Waals surface area contributed by atoms with Crippen LogP contribution in [0.2, 0.25) is 0 Å². The first-order chi connectivity index (χ1) is 8.27. The number of rotatable bonds is 5. The number of hydrogen-bond donors (Lipinski definition) is 1. The Morgan fingerprint density at radius 3 is 2.50 bits per heavy atom. The lowest BCUT2D eigenvalue weighted by molar-refractivity contribution is 0.175. The summed E-state index contributed by atoms with van der Waals surface area (Å²) in [6.45, 7) is 3.92. The van der Waals surface area contributed by atoms with Gasteiger partial charge in [0, 0.05) is 10.7 Å². The monoisotopic (exact) mass is 336 g/mol. The van der Waals surface area contributed by atoms with Gasteiger partial charge in [-0.25, -0.2) is 8.42 Å². The largest absolute Gasteiger partial charge is 0.494 e. The van der Waals surface area contributed by atoms with Crippen LogP contribution in [-0.4, -0.2) is 31.6 Å². The lowest BCUT2D eigenvalue weighted by atomic mass is 10.1. The molecule has 1 N–H and O–H groups in total. The molecule has 6 heteroatoms. The molecule has 0 saturated carbocycles. The van der Waals surface area contributed by atoms with Crippen molar-refractivity contribution < 1.29 is 18.3 Å². The van der Waals surface area contributed by atoms with Crippen LogP contribution in [0.1, 0.15) is 25.5 Å². The molecule has 0 amide bonds. The molecule has 2 unspecified atom stereocenters. The SMILES string of the molecule is CCOc1ccc(C(O)C(C)S(C)(=O)=O)c(Br)c1. The Balaban J connectivity index is 3.04. The summed E-state index contributed by atoms with van der Waals surface area (Å²) >= 11 is 3.32. The molecule has 0 aliphatic heterocycles. The number of halogens is 1. The van der Waals surface area contributed by atoms with Crippen LogP contribution in [0.5, 0.6) is 5.75 Å². The van der Waals surface area contributed by atoms with Crippen molar-refractivity contribution >= 4 is 25.8 Å². The molecule has 0 aromatic heterocycles. The molecule has 1 aromatic carbocycles. The van der Waals surface area contributed by atoms with Crippen LogP contribution >= 0.6 is 15.9 Å². The Hall–Kier alpha value is -0.590. The number of sulfone groups is 1. The minimum absolute atomic E-state index is 0.538. The third-order valence-electron chi connectivity index (χ3n) is 2.72. The van der Waals surface area contributed by atoms with Gasteiger partial charge in [0.15, 0.2) is 9.84 Å². The van der Waals surface area contributed by atoms with Crippen molar-refractivity contribution in [2.24, 2.45) is 0 Å². The van der Waals surface area contributed by atoms with Gasteiger partial charge in [-0.1, -0.05) is 22.0 Å². The second-order valence-corrected chi connectivity index (χ2v) is 7.35. The van der Waals surface area contributed by atoms with E-state index in [1.54, 1.807) is 18.2 Å². The summed E-state index contributed by atoms with van der Waals surface area (Å²) in [5.74, 6) is 0.673. The molecule has 0 heterocycles. The lowest BCUT2D eigenvalue weighted by Gasteiger charge is -2.19. The average Bonchev–Trinajstić information content (AvgIpc) is 2.26. The summed E-state index contributed by atoms with van der Waals surface area (Å²) in [5.41, 5.74) is 0.538. The molecule has 0 aliphatic carbocycles. The van der Waals surface area contributed by atoms with E-state index in [0.29, 0.717) is 22.4 Å². The molecular formula is C12H17BrO4S. The molecule has 0 saturated heterocycles. The summed E-state index contributed by atoms with van der Waals surface area (Å²) in [4.78, 5) is 0. The van der Waals surface area contributed by atoms with E-state index in [0.717, 1.165) is 6.26 Å². The van der Waals surface area contributed by atoms with Gasteiger partial charge in [-0.05, 0) is 31.5 Å².